The molecule has 1 aliphatic carbocycles. The summed E-state index contributed by atoms with van der Waals surface area (Å²) in [5.41, 5.74) is 1.53. The van der Waals surface area contributed by atoms with Crippen LogP contribution in [0.15, 0.2) is 18.2 Å². The van der Waals surface area contributed by atoms with Crippen molar-refractivity contribution < 1.29 is 10.0 Å². The minimum Gasteiger partial charge on any atom is -0.396 e. The molecule has 2 N–H and O–H groups in total. The molecular formula is C13H18N2O3. The van der Waals surface area contributed by atoms with Crippen molar-refractivity contribution in [3.05, 3.63) is 33.9 Å². The molecule has 0 amide bonds. The molecule has 98 valence electrons. The van der Waals surface area contributed by atoms with Crippen molar-refractivity contribution in [3.63, 3.8) is 0 Å². The number of nitrogens with zero attached hydrogens (tertiary/aromatic N) is 1. The van der Waals surface area contributed by atoms with Gasteiger partial charge in [0.1, 0.15) is 5.69 Å². The maximum atomic E-state index is 11.0. The second-order valence-electron chi connectivity index (χ2n) is 5.06. The van der Waals surface area contributed by atoms with Gasteiger partial charge in [0.25, 0.3) is 5.69 Å². The van der Waals surface area contributed by atoms with Gasteiger partial charge in [-0.15, -0.1) is 0 Å². The lowest BCUT2D eigenvalue weighted by atomic mass is 10.0. The van der Waals surface area contributed by atoms with Gasteiger partial charge in [0, 0.05) is 18.7 Å². The van der Waals surface area contributed by atoms with Gasteiger partial charge in [0.2, 0.25) is 0 Å². The van der Waals surface area contributed by atoms with Crippen LogP contribution in [-0.2, 0) is 0 Å². The molecule has 5 nitrogen and oxygen atoms in total. The van der Waals surface area contributed by atoms with Gasteiger partial charge < -0.3 is 10.4 Å². The van der Waals surface area contributed by atoms with Crippen molar-refractivity contribution in [2.45, 2.75) is 26.2 Å². The van der Waals surface area contributed by atoms with Crippen LogP contribution in [0.4, 0.5) is 11.4 Å². The van der Waals surface area contributed by atoms with E-state index in [0.717, 1.165) is 19.3 Å². The third-order valence-corrected chi connectivity index (χ3v) is 3.67. The molecule has 5 heteroatoms. The van der Waals surface area contributed by atoms with Crippen molar-refractivity contribution in [2.75, 3.05) is 18.5 Å². The van der Waals surface area contributed by atoms with Crippen LogP contribution in [0.25, 0.3) is 0 Å². The molecule has 0 atom stereocenters. The first-order chi connectivity index (χ1) is 8.58. The Balaban J connectivity index is 2.10. The molecule has 0 unspecified atom stereocenters. The highest BCUT2D eigenvalue weighted by Gasteiger charge is 2.41. The fourth-order valence-corrected chi connectivity index (χ4v) is 2.26. The molecule has 0 saturated heterocycles. The Morgan fingerprint density at radius 1 is 1.50 bits per heavy atom. The van der Waals surface area contributed by atoms with E-state index >= 15 is 0 Å². The number of aryl methyl sites for hydroxylation is 1. The Morgan fingerprint density at radius 2 is 2.22 bits per heavy atom. The summed E-state index contributed by atoms with van der Waals surface area (Å²) in [6, 6.07) is 5.29. The van der Waals surface area contributed by atoms with Crippen LogP contribution in [0.5, 0.6) is 0 Å². The number of hydrogen-bond acceptors (Lipinski definition) is 4. The number of benzene rings is 1. The molecule has 0 bridgehead atoms. The summed E-state index contributed by atoms with van der Waals surface area (Å²) >= 11 is 0. The largest absolute Gasteiger partial charge is 0.396 e. The van der Waals surface area contributed by atoms with E-state index in [4.69, 9.17) is 5.11 Å². The van der Waals surface area contributed by atoms with E-state index in [9.17, 15) is 10.1 Å². The van der Waals surface area contributed by atoms with Gasteiger partial charge in [-0.05, 0) is 37.7 Å². The molecule has 0 heterocycles. The van der Waals surface area contributed by atoms with Gasteiger partial charge >= 0.3 is 0 Å². The van der Waals surface area contributed by atoms with Crippen molar-refractivity contribution in [1.29, 1.82) is 0 Å². The Bertz CT molecular complexity index is 456. The molecule has 1 fully saturated rings. The van der Waals surface area contributed by atoms with Gasteiger partial charge in [-0.1, -0.05) is 12.1 Å². The number of hydrogen-bond donors (Lipinski definition) is 2. The van der Waals surface area contributed by atoms with Crippen molar-refractivity contribution in [2.24, 2.45) is 5.41 Å². The number of nitro benzene ring substituents is 1. The number of nitrogens with one attached hydrogen (secondary N) is 1. The lowest BCUT2D eigenvalue weighted by Crippen LogP contribution is -2.17. The van der Waals surface area contributed by atoms with Crippen molar-refractivity contribution in [1.82, 2.24) is 0 Å². The summed E-state index contributed by atoms with van der Waals surface area (Å²) in [4.78, 5) is 10.7. The second-order valence-corrected chi connectivity index (χ2v) is 5.06. The molecule has 1 saturated carbocycles. The highest BCUT2D eigenvalue weighted by atomic mass is 16.6. The SMILES string of the molecule is Cc1cccc(NCC2(CCO)CC2)c1[N+](=O)[O-]. The lowest BCUT2D eigenvalue weighted by Gasteiger charge is -2.16. The second kappa shape index (κ2) is 4.94. The number of anilines is 1. The minimum atomic E-state index is -0.344. The van der Waals surface area contributed by atoms with Gasteiger partial charge in [0.05, 0.1) is 4.92 Å². The molecule has 1 aromatic carbocycles. The third-order valence-electron chi connectivity index (χ3n) is 3.67. The maximum Gasteiger partial charge on any atom is 0.295 e. The van der Waals surface area contributed by atoms with E-state index in [1.54, 1.807) is 19.1 Å². The molecule has 0 spiro atoms. The number of aliphatic hydroxyl groups is 1. The molecule has 0 aromatic heterocycles. The zero-order valence-electron chi connectivity index (χ0n) is 10.5. The normalized spacial score (nSPS) is 16.3. The molecule has 1 aromatic rings. The Labute approximate surface area is 106 Å². The van der Waals surface area contributed by atoms with Gasteiger partial charge in [-0.2, -0.15) is 0 Å². The average Bonchev–Trinajstić information content (AvgIpc) is 3.07. The van der Waals surface area contributed by atoms with E-state index in [1.165, 1.54) is 0 Å². The van der Waals surface area contributed by atoms with Crippen molar-refractivity contribution in [3.8, 4) is 0 Å². The highest BCUT2D eigenvalue weighted by Crippen LogP contribution is 2.48. The molecule has 2 rings (SSSR count). The topological polar surface area (TPSA) is 75.4 Å². The highest BCUT2D eigenvalue weighted by molar-refractivity contribution is 5.65. The first-order valence-corrected chi connectivity index (χ1v) is 6.17. The summed E-state index contributed by atoms with van der Waals surface area (Å²) in [5.74, 6) is 0. The van der Waals surface area contributed by atoms with Gasteiger partial charge in [-0.3, -0.25) is 10.1 Å². The molecule has 18 heavy (non-hydrogen) atoms. The Kier molecular flexibility index (Phi) is 3.52. The van der Waals surface area contributed by atoms with Crippen LogP contribution in [0.2, 0.25) is 0 Å². The minimum absolute atomic E-state index is 0.145. The Morgan fingerprint density at radius 3 is 2.78 bits per heavy atom. The first kappa shape index (κ1) is 12.8. The van der Waals surface area contributed by atoms with Gasteiger partial charge in [-0.25, -0.2) is 0 Å². The van der Waals surface area contributed by atoms with Crippen LogP contribution in [0.3, 0.4) is 0 Å². The number of aliphatic hydroxyl groups excluding tert-OH is 1. The van der Waals surface area contributed by atoms with E-state index in [1.807, 2.05) is 6.07 Å². The summed E-state index contributed by atoms with van der Waals surface area (Å²) in [7, 11) is 0. The molecule has 0 aliphatic heterocycles. The van der Waals surface area contributed by atoms with Crippen molar-refractivity contribution >= 4 is 11.4 Å². The van der Waals surface area contributed by atoms with Crippen LogP contribution in [-0.4, -0.2) is 23.2 Å². The fraction of sp³-hybridized carbons (Fsp3) is 0.538. The van der Waals surface area contributed by atoms with Gasteiger partial charge in [0.15, 0.2) is 0 Å². The number of nitro groups is 1. The third kappa shape index (κ3) is 2.61. The fourth-order valence-electron chi connectivity index (χ4n) is 2.26. The maximum absolute atomic E-state index is 11.0. The molecule has 1 aliphatic rings. The van der Waals surface area contributed by atoms with Crippen LogP contribution < -0.4 is 5.32 Å². The zero-order chi connectivity index (χ0) is 13.2. The summed E-state index contributed by atoms with van der Waals surface area (Å²) < 4.78 is 0. The summed E-state index contributed by atoms with van der Waals surface area (Å²) in [5, 5.41) is 23.2. The number of rotatable bonds is 6. The zero-order valence-corrected chi connectivity index (χ0v) is 10.5. The van der Waals surface area contributed by atoms with E-state index < -0.39 is 0 Å². The predicted octanol–water partition coefficient (Wildman–Crippen LogP) is 2.48. The molecule has 0 radical (unpaired) electrons. The smallest absolute Gasteiger partial charge is 0.295 e. The van der Waals surface area contributed by atoms with Crippen LogP contribution >= 0.6 is 0 Å². The standard InChI is InChI=1S/C13H18N2O3/c1-10-3-2-4-11(12(10)15(17)18)14-9-13(5-6-13)7-8-16/h2-4,14,16H,5-9H2,1H3. The summed E-state index contributed by atoms with van der Waals surface area (Å²) in [6.07, 6.45) is 2.93. The first-order valence-electron chi connectivity index (χ1n) is 6.17. The Hall–Kier alpha value is -1.62. The monoisotopic (exact) mass is 250 g/mol. The van der Waals surface area contributed by atoms with Crippen LogP contribution in [0.1, 0.15) is 24.8 Å². The van der Waals surface area contributed by atoms with Crippen LogP contribution in [0, 0.1) is 22.5 Å². The van der Waals surface area contributed by atoms with E-state index in [-0.39, 0.29) is 22.6 Å². The predicted molar refractivity (Wildman–Crippen MR) is 69.7 cm³/mol. The lowest BCUT2D eigenvalue weighted by molar-refractivity contribution is -0.384. The molecular weight excluding hydrogens is 232 g/mol. The quantitative estimate of drug-likeness (QED) is 0.600. The van der Waals surface area contributed by atoms with E-state index in [2.05, 4.69) is 5.32 Å². The number of para-hydroxylation sites is 1. The van der Waals surface area contributed by atoms with E-state index in [0.29, 0.717) is 17.8 Å². The summed E-state index contributed by atoms with van der Waals surface area (Å²) in [6.45, 7) is 2.61. The average molecular weight is 250 g/mol.